The maximum Gasteiger partial charge on any atom is 0.334 e. The molecule has 1 aliphatic rings. The number of aliphatic hydroxyl groups excluding tert-OH is 1. The molecule has 0 spiro atoms. The molecular weight excluding hydrogens is 216 g/mol. The van der Waals surface area contributed by atoms with Gasteiger partial charge in [-0.25, -0.2) is 4.79 Å². The molecule has 0 aromatic heterocycles. The molecule has 0 bridgehead atoms. The molecule has 3 unspecified atom stereocenters. The van der Waals surface area contributed by atoms with Crippen LogP contribution >= 0.6 is 0 Å². The Kier molecular flexibility index (Phi) is 3.84. The molecule has 1 fully saturated rings. The van der Waals surface area contributed by atoms with Crippen LogP contribution in [0.25, 0.3) is 0 Å². The highest BCUT2D eigenvalue weighted by atomic mass is 16.5. The molecule has 1 amide bonds. The van der Waals surface area contributed by atoms with Crippen LogP contribution < -0.4 is 11.1 Å². The van der Waals surface area contributed by atoms with E-state index in [-0.39, 0.29) is 13.2 Å². The molecule has 5 N–H and O–H groups in total. The fraction of sp³-hybridized carbons (Fsp3) is 0.778. The number of carbonyl (C=O) groups excluding carboxylic acids is 1. The summed E-state index contributed by atoms with van der Waals surface area (Å²) >= 11 is 0. The summed E-state index contributed by atoms with van der Waals surface area (Å²) in [6, 6.07) is -0.422. The lowest BCUT2D eigenvalue weighted by Gasteiger charge is -2.25. The second-order valence-electron chi connectivity index (χ2n) is 4.10. The van der Waals surface area contributed by atoms with E-state index in [1.165, 1.54) is 0 Å². The van der Waals surface area contributed by atoms with Gasteiger partial charge in [-0.2, -0.15) is 0 Å². The Morgan fingerprint density at radius 3 is 2.75 bits per heavy atom. The van der Waals surface area contributed by atoms with Crippen LogP contribution in [0.1, 0.15) is 6.92 Å². The molecule has 1 rings (SSSR count). The van der Waals surface area contributed by atoms with Gasteiger partial charge in [0.05, 0.1) is 25.2 Å². The number of nitrogens with one attached hydrogen (secondary N) is 1. The Morgan fingerprint density at radius 2 is 2.31 bits per heavy atom. The van der Waals surface area contributed by atoms with Gasteiger partial charge in [-0.1, -0.05) is 0 Å². The van der Waals surface area contributed by atoms with Gasteiger partial charge >= 0.3 is 5.97 Å². The zero-order chi connectivity index (χ0) is 12.3. The number of ether oxygens (including phenoxy) is 1. The predicted octanol–water partition coefficient (Wildman–Crippen LogP) is -2.09. The molecule has 1 aliphatic heterocycles. The van der Waals surface area contributed by atoms with Gasteiger partial charge in [0.25, 0.3) is 0 Å². The van der Waals surface area contributed by atoms with Gasteiger partial charge in [-0.3, -0.25) is 4.79 Å². The van der Waals surface area contributed by atoms with Crippen molar-refractivity contribution in [2.24, 2.45) is 11.1 Å². The first-order chi connectivity index (χ1) is 7.38. The van der Waals surface area contributed by atoms with Crippen LogP contribution in [0.15, 0.2) is 0 Å². The Labute approximate surface area is 92.6 Å². The first-order valence-electron chi connectivity index (χ1n) is 4.90. The van der Waals surface area contributed by atoms with E-state index >= 15 is 0 Å². The lowest BCUT2D eigenvalue weighted by atomic mass is 9.85. The lowest BCUT2D eigenvalue weighted by Crippen LogP contribution is -2.51. The van der Waals surface area contributed by atoms with E-state index in [0.29, 0.717) is 6.61 Å². The summed E-state index contributed by atoms with van der Waals surface area (Å²) in [5.41, 5.74) is 4.85. The van der Waals surface area contributed by atoms with E-state index in [1.807, 2.05) is 0 Å². The maximum absolute atomic E-state index is 11.7. The van der Waals surface area contributed by atoms with Crippen molar-refractivity contribution in [3.63, 3.8) is 0 Å². The number of aliphatic hydroxyl groups is 1. The molecule has 0 aliphatic carbocycles. The summed E-state index contributed by atoms with van der Waals surface area (Å²) < 4.78 is 5.08. The Balaban J connectivity index is 2.49. The molecule has 1 saturated heterocycles. The van der Waals surface area contributed by atoms with Crippen LogP contribution in [-0.4, -0.2) is 54.0 Å². The van der Waals surface area contributed by atoms with Crippen molar-refractivity contribution >= 4 is 11.9 Å². The standard InChI is InChI=1S/C9H16N2O5/c1-9(4-16-3-6(9)10)8(15)11-2-5(12)7(13)14/h5-6,12H,2-4,10H2,1H3,(H,11,15)(H,13,14). The quantitative estimate of drug-likeness (QED) is 0.441. The van der Waals surface area contributed by atoms with Crippen molar-refractivity contribution in [3.05, 3.63) is 0 Å². The smallest absolute Gasteiger partial charge is 0.334 e. The monoisotopic (exact) mass is 232 g/mol. The lowest BCUT2D eigenvalue weighted by molar-refractivity contribution is -0.146. The first-order valence-corrected chi connectivity index (χ1v) is 4.90. The molecule has 7 heteroatoms. The number of carboxylic acid groups (broad SMARTS) is 1. The molecule has 0 saturated carbocycles. The van der Waals surface area contributed by atoms with Gasteiger partial charge in [-0.15, -0.1) is 0 Å². The number of carbonyl (C=O) groups is 2. The molecule has 1 heterocycles. The zero-order valence-electron chi connectivity index (χ0n) is 8.97. The van der Waals surface area contributed by atoms with Gasteiger partial charge in [0.1, 0.15) is 0 Å². The molecule has 16 heavy (non-hydrogen) atoms. The van der Waals surface area contributed by atoms with E-state index in [4.69, 9.17) is 20.7 Å². The Hall–Kier alpha value is -1.18. The Morgan fingerprint density at radius 1 is 1.69 bits per heavy atom. The SMILES string of the molecule is CC1(C(=O)NCC(O)C(=O)O)COCC1N. The maximum atomic E-state index is 11.7. The average molecular weight is 232 g/mol. The summed E-state index contributed by atoms with van der Waals surface area (Å²) in [4.78, 5) is 22.1. The number of aliphatic carboxylic acids is 1. The predicted molar refractivity (Wildman–Crippen MR) is 53.6 cm³/mol. The van der Waals surface area contributed by atoms with Gasteiger partial charge in [-0.05, 0) is 6.92 Å². The Bertz CT molecular complexity index is 296. The van der Waals surface area contributed by atoms with Crippen molar-refractivity contribution in [2.45, 2.75) is 19.1 Å². The minimum absolute atomic E-state index is 0.198. The minimum Gasteiger partial charge on any atom is -0.479 e. The van der Waals surface area contributed by atoms with E-state index in [0.717, 1.165) is 0 Å². The second kappa shape index (κ2) is 4.77. The van der Waals surface area contributed by atoms with Gasteiger partial charge < -0.3 is 26.0 Å². The van der Waals surface area contributed by atoms with Crippen molar-refractivity contribution in [2.75, 3.05) is 19.8 Å². The van der Waals surface area contributed by atoms with Crippen LogP contribution in [0.5, 0.6) is 0 Å². The molecular formula is C9H16N2O5. The van der Waals surface area contributed by atoms with Crippen LogP contribution in [0.3, 0.4) is 0 Å². The fourth-order valence-electron chi connectivity index (χ4n) is 1.40. The van der Waals surface area contributed by atoms with E-state index in [9.17, 15) is 9.59 Å². The highest BCUT2D eigenvalue weighted by molar-refractivity contribution is 5.84. The summed E-state index contributed by atoms with van der Waals surface area (Å²) in [7, 11) is 0. The summed E-state index contributed by atoms with van der Waals surface area (Å²) in [6.07, 6.45) is -1.61. The first kappa shape index (κ1) is 12.9. The third-order valence-electron chi connectivity index (χ3n) is 2.78. The van der Waals surface area contributed by atoms with Crippen molar-refractivity contribution in [3.8, 4) is 0 Å². The van der Waals surface area contributed by atoms with E-state index < -0.39 is 29.4 Å². The van der Waals surface area contributed by atoms with Gasteiger partial charge in [0.2, 0.25) is 5.91 Å². The fourth-order valence-corrected chi connectivity index (χ4v) is 1.40. The van der Waals surface area contributed by atoms with Crippen molar-refractivity contribution < 1.29 is 24.5 Å². The number of rotatable bonds is 4. The van der Waals surface area contributed by atoms with E-state index in [2.05, 4.69) is 5.32 Å². The molecule has 0 radical (unpaired) electrons. The number of nitrogens with two attached hydrogens (primary N) is 1. The van der Waals surface area contributed by atoms with E-state index in [1.54, 1.807) is 6.92 Å². The van der Waals surface area contributed by atoms with Crippen LogP contribution in [-0.2, 0) is 14.3 Å². The molecule has 0 aromatic carbocycles. The summed E-state index contributed by atoms with van der Waals surface area (Å²) in [6.45, 7) is 1.80. The normalized spacial score (nSPS) is 31.1. The van der Waals surface area contributed by atoms with Crippen LogP contribution in [0, 0.1) is 5.41 Å². The highest BCUT2D eigenvalue weighted by Crippen LogP contribution is 2.26. The van der Waals surface area contributed by atoms with Crippen molar-refractivity contribution in [1.82, 2.24) is 5.32 Å². The largest absolute Gasteiger partial charge is 0.479 e. The molecule has 0 aromatic rings. The average Bonchev–Trinajstić information content (AvgIpc) is 2.56. The van der Waals surface area contributed by atoms with Gasteiger partial charge in [0.15, 0.2) is 6.10 Å². The third kappa shape index (κ3) is 2.49. The highest BCUT2D eigenvalue weighted by Gasteiger charge is 2.44. The number of hydrogen-bond donors (Lipinski definition) is 4. The molecule has 7 nitrogen and oxygen atoms in total. The second-order valence-corrected chi connectivity index (χ2v) is 4.10. The molecule has 92 valence electrons. The number of amides is 1. The third-order valence-corrected chi connectivity index (χ3v) is 2.78. The topological polar surface area (TPSA) is 122 Å². The zero-order valence-corrected chi connectivity index (χ0v) is 8.97. The summed E-state index contributed by atoms with van der Waals surface area (Å²) in [5, 5.41) is 19.8. The van der Waals surface area contributed by atoms with Crippen LogP contribution in [0.4, 0.5) is 0 Å². The summed E-state index contributed by atoms with van der Waals surface area (Å²) in [5.74, 6) is -1.78. The van der Waals surface area contributed by atoms with Crippen molar-refractivity contribution in [1.29, 1.82) is 0 Å². The number of hydrogen-bond acceptors (Lipinski definition) is 5. The number of carboxylic acids is 1. The van der Waals surface area contributed by atoms with Crippen LogP contribution in [0.2, 0.25) is 0 Å². The minimum atomic E-state index is -1.61. The van der Waals surface area contributed by atoms with Gasteiger partial charge in [0, 0.05) is 6.04 Å². The molecule has 3 atom stereocenters.